The second-order valence-corrected chi connectivity index (χ2v) is 13.4. The van der Waals surface area contributed by atoms with E-state index >= 15 is 0 Å². The molecular weight excluding hydrogens is 534 g/mol. The number of nitrogens with zero attached hydrogens (tertiary/aromatic N) is 3. The number of anilines is 1. The van der Waals surface area contributed by atoms with Crippen molar-refractivity contribution in [3.8, 4) is 0 Å². The first-order valence-corrected chi connectivity index (χ1v) is 14.9. The Morgan fingerprint density at radius 3 is 2.54 bits per heavy atom. The molecule has 2 unspecified atom stereocenters. The number of aliphatic hydroxyl groups is 1. The number of likely N-dealkylation sites (tertiary alicyclic amines) is 1. The van der Waals surface area contributed by atoms with Gasteiger partial charge in [0.15, 0.2) is 0 Å². The minimum atomic E-state index is -0.834. The van der Waals surface area contributed by atoms with Crippen molar-refractivity contribution in [1.29, 1.82) is 0 Å². The maximum atomic E-state index is 14.8. The highest BCUT2D eigenvalue weighted by Crippen LogP contribution is 2.67. The van der Waals surface area contributed by atoms with Gasteiger partial charge >= 0.3 is 0 Å². The van der Waals surface area contributed by atoms with Crippen LogP contribution in [0.15, 0.2) is 43.5 Å². The standard InChI is InChI=1S/C30H40ClN3O4S/c1-7-14-32(6)27(36)23-22-12-13-30(39-22)24(23)28(37)34(20(17-35)16-18(3)4)26(30)29(38)33(15-8-2)25-19(5)10-9-11-21(25)31/h7-11,18,20,22-24,26,35H,1-2,12-17H2,3-6H3/t20-,22-,23+,24+,26?,30?/m1/s1. The van der Waals surface area contributed by atoms with Crippen LogP contribution in [-0.4, -0.2) is 81.5 Å². The Kier molecular flexibility index (Phi) is 8.89. The summed E-state index contributed by atoms with van der Waals surface area (Å²) in [6.07, 6.45) is 5.29. The van der Waals surface area contributed by atoms with E-state index in [9.17, 15) is 19.5 Å². The van der Waals surface area contributed by atoms with Gasteiger partial charge in [0.05, 0.1) is 39.9 Å². The van der Waals surface area contributed by atoms with Crippen LogP contribution in [0, 0.1) is 24.7 Å². The smallest absolute Gasteiger partial charge is 0.251 e. The number of halogens is 1. The van der Waals surface area contributed by atoms with Crippen LogP contribution in [0.1, 0.15) is 38.7 Å². The molecule has 0 radical (unpaired) electrons. The molecule has 1 N–H and O–H groups in total. The summed E-state index contributed by atoms with van der Waals surface area (Å²) in [5.41, 5.74) is 1.43. The summed E-state index contributed by atoms with van der Waals surface area (Å²) in [7, 11) is 1.73. The molecule has 212 valence electrons. The molecule has 0 saturated carbocycles. The van der Waals surface area contributed by atoms with Gasteiger partial charge in [-0.2, -0.15) is 0 Å². The van der Waals surface area contributed by atoms with E-state index in [1.165, 1.54) is 0 Å². The number of rotatable bonds is 11. The highest BCUT2D eigenvalue weighted by Gasteiger charge is 2.74. The molecule has 1 aromatic carbocycles. The molecule has 9 heteroatoms. The van der Waals surface area contributed by atoms with Crippen LogP contribution >= 0.6 is 23.4 Å². The Morgan fingerprint density at radius 1 is 1.26 bits per heavy atom. The van der Waals surface area contributed by atoms with Gasteiger partial charge in [-0.15, -0.1) is 24.9 Å². The van der Waals surface area contributed by atoms with Gasteiger partial charge in [0.1, 0.15) is 6.04 Å². The minimum Gasteiger partial charge on any atom is -0.394 e. The normalized spacial score (nSPS) is 28.0. The van der Waals surface area contributed by atoms with Gasteiger partial charge in [0.25, 0.3) is 5.91 Å². The molecule has 3 saturated heterocycles. The highest BCUT2D eigenvalue weighted by molar-refractivity contribution is 8.02. The Balaban J connectivity index is 1.86. The third-order valence-corrected chi connectivity index (χ3v) is 10.7. The monoisotopic (exact) mass is 573 g/mol. The van der Waals surface area contributed by atoms with Crippen molar-refractivity contribution in [3.05, 3.63) is 54.1 Å². The molecule has 3 amide bonds. The largest absolute Gasteiger partial charge is 0.394 e. The van der Waals surface area contributed by atoms with Gasteiger partial charge in [-0.25, -0.2) is 0 Å². The van der Waals surface area contributed by atoms with Crippen LogP contribution in [0.4, 0.5) is 5.69 Å². The number of thioether (sulfide) groups is 1. The van der Waals surface area contributed by atoms with E-state index in [0.29, 0.717) is 30.1 Å². The quantitative estimate of drug-likeness (QED) is 0.399. The van der Waals surface area contributed by atoms with Crippen LogP contribution in [-0.2, 0) is 14.4 Å². The highest BCUT2D eigenvalue weighted by atomic mass is 35.5. The molecule has 0 aromatic heterocycles. The lowest BCUT2D eigenvalue weighted by Gasteiger charge is -2.40. The van der Waals surface area contributed by atoms with Gasteiger partial charge in [0.2, 0.25) is 11.8 Å². The van der Waals surface area contributed by atoms with E-state index in [-0.39, 0.29) is 42.0 Å². The molecule has 1 aromatic rings. The van der Waals surface area contributed by atoms with Gasteiger partial charge in [-0.05, 0) is 43.7 Å². The van der Waals surface area contributed by atoms with Crippen molar-refractivity contribution in [2.75, 3.05) is 31.6 Å². The second-order valence-electron chi connectivity index (χ2n) is 11.4. The first-order valence-electron chi connectivity index (χ1n) is 13.7. The average molecular weight is 574 g/mol. The van der Waals surface area contributed by atoms with E-state index in [1.54, 1.807) is 51.7 Å². The van der Waals surface area contributed by atoms with Crippen LogP contribution in [0.25, 0.3) is 0 Å². The first kappa shape index (κ1) is 29.7. The molecule has 3 heterocycles. The Hall–Kier alpha value is -2.29. The van der Waals surface area contributed by atoms with Crippen molar-refractivity contribution in [2.24, 2.45) is 17.8 Å². The van der Waals surface area contributed by atoms with Gasteiger partial charge in [0, 0.05) is 25.4 Å². The molecule has 7 nitrogen and oxygen atoms in total. The Labute approximate surface area is 241 Å². The molecule has 39 heavy (non-hydrogen) atoms. The number of carbonyl (C=O) groups excluding carboxylic acids is 3. The fraction of sp³-hybridized carbons (Fsp3) is 0.567. The molecule has 0 aliphatic carbocycles. The second kappa shape index (κ2) is 11.7. The maximum Gasteiger partial charge on any atom is 0.251 e. The lowest BCUT2D eigenvalue weighted by molar-refractivity contribution is -0.145. The van der Waals surface area contributed by atoms with Crippen molar-refractivity contribution in [3.63, 3.8) is 0 Å². The van der Waals surface area contributed by atoms with Crippen LogP contribution in [0.5, 0.6) is 0 Å². The summed E-state index contributed by atoms with van der Waals surface area (Å²) in [4.78, 5) is 47.7. The molecule has 1 spiro atoms. The van der Waals surface area contributed by atoms with E-state index in [1.807, 2.05) is 32.9 Å². The van der Waals surface area contributed by atoms with Crippen molar-refractivity contribution >= 4 is 46.8 Å². The predicted molar refractivity (Wildman–Crippen MR) is 158 cm³/mol. The van der Waals surface area contributed by atoms with E-state index in [0.717, 1.165) is 12.0 Å². The lowest BCUT2D eigenvalue weighted by Crippen LogP contribution is -2.58. The van der Waals surface area contributed by atoms with Crippen molar-refractivity contribution in [1.82, 2.24) is 9.80 Å². The number of likely N-dealkylation sites (N-methyl/N-ethyl adjacent to an activating group) is 1. The molecule has 6 atom stereocenters. The summed E-state index contributed by atoms with van der Waals surface area (Å²) in [5, 5.41) is 10.9. The third-order valence-electron chi connectivity index (χ3n) is 8.42. The zero-order chi connectivity index (χ0) is 28.6. The summed E-state index contributed by atoms with van der Waals surface area (Å²) >= 11 is 8.27. The summed E-state index contributed by atoms with van der Waals surface area (Å²) < 4.78 is -0.757. The molecular formula is C30H40ClN3O4S. The number of aliphatic hydroxyl groups excluding tert-OH is 1. The number of benzene rings is 1. The van der Waals surface area contributed by atoms with E-state index in [2.05, 4.69) is 13.2 Å². The Morgan fingerprint density at radius 2 is 1.95 bits per heavy atom. The first-order chi connectivity index (χ1) is 18.5. The molecule has 2 bridgehead atoms. The maximum absolute atomic E-state index is 14.8. The number of para-hydroxylation sites is 1. The van der Waals surface area contributed by atoms with Crippen LogP contribution < -0.4 is 4.90 Å². The molecule has 3 aliphatic heterocycles. The molecule has 3 aliphatic rings. The topological polar surface area (TPSA) is 81.2 Å². The molecule has 4 rings (SSSR count). The van der Waals surface area contributed by atoms with Gasteiger partial charge in [-0.1, -0.05) is 49.7 Å². The number of hydrogen-bond donors (Lipinski definition) is 1. The number of fused-ring (bicyclic) bond motifs is 1. The summed E-state index contributed by atoms with van der Waals surface area (Å²) in [6.45, 7) is 14.0. The van der Waals surface area contributed by atoms with E-state index in [4.69, 9.17) is 11.6 Å². The number of carbonyl (C=O) groups is 3. The number of aryl methyl sites for hydroxylation is 1. The summed E-state index contributed by atoms with van der Waals surface area (Å²) in [5.74, 6) is -1.50. The van der Waals surface area contributed by atoms with Crippen molar-refractivity contribution in [2.45, 2.75) is 62.1 Å². The van der Waals surface area contributed by atoms with Crippen molar-refractivity contribution < 1.29 is 19.5 Å². The SMILES string of the molecule is C=CCN(C)C(=O)[C@@H]1[C@H]2C(=O)N([C@@H](CO)CC(C)C)C(C(=O)N(CC=C)c3c(C)cccc3Cl)C23CC[C@H]1S3. The Bertz CT molecular complexity index is 1140. The predicted octanol–water partition coefficient (Wildman–Crippen LogP) is 4.31. The zero-order valence-corrected chi connectivity index (χ0v) is 24.9. The minimum absolute atomic E-state index is 0.0382. The molecule has 3 fully saturated rings. The van der Waals surface area contributed by atoms with Gasteiger partial charge < -0.3 is 19.8 Å². The van der Waals surface area contributed by atoms with E-state index < -0.39 is 28.7 Å². The third kappa shape index (κ3) is 4.93. The number of hydrogen-bond acceptors (Lipinski definition) is 5. The van der Waals surface area contributed by atoms with Crippen LogP contribution in [0.3, 0.4) is 0 Å². The fourth-order valence-corrected chi connectivity index (χ4v) is 9.45. The number of amides is 3. The zero-order valence-electron chi connectivity index (χ0n) is 23.3. The average Bonchev–Trinajstić information content (AvgIpc) is 3.53. The summed E-state index contributed by atoms with van der Waals surface area (Å²) in [6, 6.07) is 4.12. The van der Waals surface area contributed by atoms with Gasteiger partial charge in [-0.3, -0.25) is 14.4 Å². The fourth-order valence-electron chi connectivity index (χ4n) is 6.94. The van der Waals surface area contributed by atoms with Crippen LogP contribution in [0.2, 0.25) is 5.02 Å². The lowest BCUT2D eigenvalue weighted by atomic mass is 9.70.